The summed E-state index contributed by atoms with van der Waals surface area (Å²) in [6, 6.07) is 12.3. The average molecular weight is 676 g/mol. The molecule has 1 aliphatic heterocycles. The molecule has 3 N–H and O–H groups in total. The van der Waals surface area contributed by atoms with Gasteiger partial charge in [0.15, 0.2) is 23.2 Å². The summed E-state index contributed by atoms with van der Waals surface area (Å²) < 4.78 is 40.2. The van der Waals surface area contributed by atoms with Crippen molar-refractivity contribution in [3.63, 3.8) is 0 Å². The summed E-state index contributed by atoms with van der Waals surface area (Å²) in [5, 5.41) is 4.41. The van der Waals surface area contributed by atoms with E-state index >= 15 is 0 Å². The Morgan fingerprint density at radius 2 is 1.98 bits per heavy atom. The average Bonchev–Trinajstić information content (AvgIpc) is 3.69. The summed E-state index contributed by atoms with van der Waals surface area (Å²) in [7, 11) is -2.22. The lowest BCUT2D eigenvalue weighted by atomic mass is 9.99. The van der Waals surface area contributed by atoms with Crippen molar-refractivity contribution >= 4 is 47.4 Å². The Morgan fingerprint density at radius 3 is 2.71 bits per heavy atom. The van der Waals surface area contributed by atoms with Crippen LogP contribution in [0.5, 0.6) is 5.75 Å². The van der Waals surface area contributed by atoms with Gasteiger partial charge in [0.2, 0.25) is 5.95 Å². The van der Waals surface area contributed by atoms with Crippen LogP contribution >= 0.6 is 7.75 Å². The van der Waals surface area contributed by atoms with Crippen LogP contribution in [0, 0.1) is 23.7 Å². The second kappa shape index (κ2) is 13.4. The van der Waals surface area contributed by atoms with Gasteiger partial charge in [0.05, 0.1) is 31.6 Å². The Morgan fingerprint density at radius 1 is 1.23 bits per heavy atom. The van der Waals surface area contributed by atoms with Crippen LogP contribution in [0.2, 0.25) is 0 Å². The van der Waals surface area contributed by atoms with Crippen LogP contribution in [-0.2, 0) is 23.4 Å². The highest BCUT2D eigenvalue weighted by atomic mass is 31.2. The van der Waals surface area contributed by atoms with Crippen LogP contribution in [0.15, 0.2) is 48.8 Å². The van der Waals surface area contributed by atoms with E-state index in [1.165, 1.54) is 0 Å². The fraction of sp³-hybridized carbons (Fsp3) is 0.471. The van der Waals surface area contributed by atoms with Gasteiger partial charge in [-0.15, -0.1) is 6.42 Å². The van der Waals surface area contributed by atoms with Gasteiger partial charge in [0.25, 0.3) is 0 Å². The van der Waals surface area contributed by atoms with Gasteiger partial charge in [-0.3, -0.25) is 13.9 Å². The molecule has 13 nitrogen and oxygen atoms in total. The Kier molecular flexibility index (Phi) is 9.37. The molecule has 0 radical (unpaired) electrons. The molecule has 3 heterocycles. The molecule has 2 aliphatic rings. The number of terminal acetylenes is 1. The van der Waals surface area contributed by atoms with E-state index in [0.717, 1.165) is 23.6 Å². The third kappa shape index (κ3) is 7.42. The van der Waals surface area contributed by atoms with E-state index in [0.29, 0.717) is 35.2 Å². The van der Waals surface area contributed by atoms with Crippen LogP contribution in [0.25, 0.3) is 21.9 Å². The molecule has 2 fully saturated rings. The first-order valence-electron chi connectivity index (χ1n) is 16.0. The van der Waals surface area contributed by atoms with Crippen LogP contribution in [0.4, 0.5) is 11.8 Å². The van der Waals surface area contributed by atoms with Gasteiger partial charge in [0, 0.05) is 18.5 Å². The summed E-state index contributed by atoms with van der Waals surface area (Å²) >= 11 is 0. The molecule has 4 aromatic rings. The predicted molar refractivity (Wildman–Crippen MR) is 183 cm³/mol. The van der Waals surface area contributed by atoms with E-state index in [-0.39, 0.29) is 30.5 Å². The summed E-state index contributed by atoms with van der Waals surface area (Å²) in [5.74, 6) is 2.96. The summed E-state index contributed by atoms with van der Waals surface area (Å²) in [6.07, 6.45) is 8.94. The molecule has 1 saturated carbocycles. The van der Waals surface area contributed by atoms with E-state index in [1.807, 2.05) is 58.2 Å². The van der Waals surface area contributed by atoms with E-state index in [1.54, 1.807) is 30.0 Å². The zero-order chi connectivity index (χ0) is 34.2. The number of esters is 1. The quantitative estimate of drug-likeness (QED) is 0.111. The fourth-order valence-electron chi connectivity index (χ4n) is 5.63. The van der Waals surface area contributed by atoms with E-state index in [4.69, 9.17) is 30.7 Å². The van der Waals surface area contributed by atoms with Crippen molar-refractivity contribution in [2.24, 2.45) is 11.3 Å². The van der Waals surface area contributed by atoms with Crippen molar-refractivity contribution in [2.45, 2.75) is 71.4 Å². The minimum absolute atomic E-state index is 0.120. The minimum Gasteiger partial charge on any atom is -0.464 e. The van der Waals surface area contributed by atoms with Crippen LogP contribution in [-0.4, -0.2) is 63.9 Å². The number of fused-ring (bicyclic) bond motifs is 2. The van der Waals surface area contributed by atoms with Crippen molar-refractivity contribution in [3.05, 3.63) is 48.8 Å². The van der Waals surface area contributed by atoms with E-state index in [9.17, 15) is 9.36 Å². The number of nitrogen functional groups attached to an aromatic ring is 1. The molecule has 0 bridgehead atoms. The maximum Gasteiger partial charge on any atom is 0.459 e. The SMILES string of the molecule is C#C[C@H]1C[C@@H](COP(=O)(N[C@H](C)C(=O)OCC(C)(C)C)Oc2cccc3ccccc23)O[C@H]1n1cnc2c(N(C)C3CC3)nc(N)nc21. The minimum atomic E-state index is -4.19. The van der Waals surface area contributed by atoms with Crippen molar-refractivity contribution in [1.82, 2.24) is 24.6 Å². The molecule has 48 heavy (non-hydrogen) atoms. The lowest BCUT2D eigenvalue weighted by Crippen LogP contribution is -2.37. The third-order valence-electron chi connectivity index (χ3n) is 8.28. The highest BCUT2D eigenvalue weighted by Gasteiger charge is 2.40. The number of ether oxygens (including phenoxy) is 2. The second-order valence-electron chi connectivity index (χ2n) is 13.6. The number of carbonyl (C=O) groups is 1. The normalized spacial score (nSPS) is 21.5. The molecule has 0 spiro atoms. The Balaban J connectivity index is 1.22. The molecule has 1 saturated heterocycles. The zero-order valence-electron chi connectivity index (χ0n) is 27.8. The maximum absolute atomic E-state index is 14.4. The number of aromatic nitrogens is 4. The van der Waals surface area contributed by atoms with Gasteiger partial charge in [-0.25, -0.2) is 9.55 Å². The zero-order valence-corrected chi connectivity index (χ0v) is 28.7. The monoisotopic (exact) mass is 675 g/mol. The number of nitrogens with zero attached hydrogens (tertiary/aromatic N) is 5. The molecule has 5 atom stereocenters. The van der Waals surface area contributed by atoms with Crippen LogP contribution in [0.3, 0.4) is 0 Å². The fourth-order valence-corrected chi connectivity index (χ4v) is 7.17. The molecule has 0 amide bonds. The number of rotatable bonds is 12. The lowest BCUT2D eigenvalue weighted by molar-refractivity contribution is -0.148. The van der Waals surface area contributed by atoms with Crippen molar-refractivity contribution in [2.75, 3.05) is 30.9 Å². The van der Waals surface area contributed by atoms with E-state index < -0.39 is 32.1 Å². The molecule has 2 aromatic heterocycles. The van der Waals surface area contributed by atoms with Crippen LogP contribution < -0.4 is 20.2 Å². The van der Waals surface area contributed by atoms with Gasteiger partial charge in [-0.1, -0.05) is 63.1 Å². The van der Waals surface area contributed by atoms with Crippen molar-refractivity contribution in [1.29, 1.82) is 0 Å². The van der Waals surface area contributed by atoms with Gasteiger partial charge in [-0.2, -0.15) is 15.1 Å². The first-order chi connectivity index (χ1) is 22.8. The molecular weight excluding hydrogens is 633 g/mol. The van der Waals surface area contributed by atoms with Crippen molar-refractivity contribution in [3.8, 4) is 18.1 Å². The maximum atomic E-state index is 14.4. The molecule has 6 rings (SSSR count). The van der Waals surface area contributed by atoms with E-state index in [2.05, 4.69) is 30.9 Å². The first-order valence-corrected chi connectivity index (χ1v) is 17.6. The van der Waals surface area contributed by atoms with Gasteiger partial charge < -0.3 is 24.6 Å². The Hall–Kier alpha value is -4.21. The Bertz CT molecular complexity index is 1890. The first kappa shape index (κ1) is 33.7. The molecular formula is C34H42N7O6P. The smallest absolute Gasteiger partial charge is 0.459 e. The van der Waals surface area contributed by atoms with Gasteiger partial charge in [0.1, 0.15) is 11.8 Å². The number of imidazole rings is 1. The number of nitrogens with two attached hydrogens (primary N) is 1. The number of hydrogen-bond acceptors (Lipinski definition) is 11. The van der Waals surface area contributed by atoms with Gasteiger partial charge >= 0.3 is 13.7 Å². The highest BCUT2D eigenvalue weighted by molar-refractivity contribution is 7.52. The largest absolute Gasteiger partial charge is 0.464 e. The molecule has 254 valence electrons. The number of carbonyl (C=O) groups excluding carboxylic acids is 1. The molecule has 1 aliphatic carbocycles. The number of benzene rings is 2. The number of hydrogen-bond donors (Lipinski definition) is 2. The summed E-state index contributed by atoms with van der Waals surface area (Å²) in [5.41, 5.74) is 6.98. The lowest BCUT2D eigenvalue weighted by Gasteiger charge is -2.25. The molecule has 14 heteroatoms. The third-order valence-corrected chi connectivity index (χ3v) is 9.91. The van der Waals surface area contributed by atoms with Gasteiger partial charge in [-0.05, 0) is 43.1 Å². The van der Waals surface area contributed by atoms with Crippen LogP contribution in [0.1, 0.15) is 53.2 Å². The number of nitrogens with one attached hydrogen (secondary N) is 1. The number of anilines is 2. The molecule has 1 unspecified atom stereocenters. The second-order valence-corrected chi connectivity index (χ2v) is 15.3. The summed E-state index contributed by atoms with van der Waals surface area (Å²) in [6.45, 7) is 7.45. The highest BCUT2D eigenvalue weighted by Crippen LogP contribution is 2.48. The standard InChI is InChI=1S/C34H42N7O6P/c1-7-22-17-25(46-31(22)41-20-36-28-29(40(6)24-15-16-24)37-33(35)38-30(28)41)18-45-48(43,39-21(2)32(42)44-19-34(3,4)5)47-27-14-10-12-23-11-8-9-13-26(23)27/h1,8-14,20-22,24-25,31H,15-19H2,2-6H3,(H,39,43)(H2,35,37,38)/t21-,22+,25+,31-,48?/m1/s1. The molecule has 2 aromatic carbocycles. The Labute approximate surface area is 280 Å². The predicted octanol–water partition coefficient (Wildman–Crippen LogP) is 5.47. The summed E-state index contributed by atoms with van der Waals surface area (Å²) in [4.78, 5) is 28.5. The van der Waals surface area contributed by atoms with Crippen molar-refractivity contribution < 1.29 is 27.9 Å². The topological polar surface area (TPSA) is 156 Å².